The van der Waals surface area contributed by atoms with Crippen molar-refractivity contribution < 1.29 is 9.13 Å². The molecule has 84 valence electrons. The van der Waals surface area contributed by atoms with Crippen LogP contribution in [0.4, 0.5) is 10.2 Å². The summed E-state index contributed by atoms with van der Waals surface area (Å²) in [5.41, 5.74) is 0. The lowest BCUT2D eigenvalue weighted by atomic mass is 10.5. The van der Waals surface area contributed by atoms with Gasteiger partial charge in [-0.2, -0.15) is 4.98 Å². The monoisotopic (exact) mass is 233 g/mol. The SMILES string of the molecule is CC(C)OCCNc1nc(Cl)ncc1F. The average Bonchev–Trinajstić information content (AvgIpc) is 2.17. The van der Waals surface area contributed by atoms with Crippen LogP contribution in [0.1, 0.15) is 13.8 Å². The highest BCUT2D eigenvalue weighted by Crippen LogP contribution is 2.11. The van der Waals surface area contributed by atoms with Crippen LogP contribution in [-0.4, -0.2) is 29.2 Å². The first kappa shape index (κ1) is 12.1. The first-order valence-corrected chi connectivity index (χ1v) is 5.01. The van der Waals surface area contributed by atoms with Crippen LogP contribution in [0.3, 0.4) is 0 Å². The fraction of sp³-hybridized carbons (Fsp3) is 0.556. The Kier molecular flexibility index (Phi) is 4.71. The van der Waals surface area contributed by atoms with Gasteiger partial charge in [0.1, 0.15) is 0 Å². The maximum Gasteiger partial charge on any atom is 0.224 e. The van der Waals surface area contributed by atoms with Gasteiger partial charge < -0.3 is 10.1 Å². The summed E-state index contributed by atoms with van der Waals surface area (Å²) >= 11 is 5.52. The lowest BCUT2D eigenvalue weighted by Crippen LogP contribution is -2.14. The molecular formula is C9H13ClFN3O. The maximum absolute atomic E-state index is 13.1. The van der Waals surface area contributed by atoms with Crippen LogP contribution in [0, 0.1) is 5.82 Å². The molecule has 1 N–H and O–H groups in total. The van der Waals surface area contributed by atoms with Crippen molar-refractivity contribution in [1.29, 1.82) is 0 Å². The number of rotatable bonds is 5. The highest BCUT2D eigenvalue weighted by molar-refractivity contribution is 6.28. The molecule has 4 nitrogen and oxygen atoms in total. The van der Waals surface area contributed by atoms with Crippen LogP contribution in [-0.2, 0) is 4.74 Å². The zero-order valence-corrected chi connectivity index (χ0v) is 9.38. The number of ether oxygens (including phenoxy) is 1. The molecule has 15 heavy (non-hydrogen) atoms. The van der Waals surface area contributed by atoms with E-state index in [4.69, 9.17) is 16.3 Å². The Labute approximate surface area is 92.8 Å². The number of nitrogens with zero attached hydrogens (tertiary/aromatic N) is 2. The Bertz CT molecular complexity index is 322. The minimum atomic E-state index is -0.524. The van der Waals surface area contributed by atoms with Crippen LogP contribution < -0.4 is 5.32 Å². The summed E-state index contributed by atoms with van der Waals surface area (Å²) in [6.07, 6.45) is 1.19. The van der Waals surface area contributed by atoms with Gasteiger partial charge in [-0.15, -0.1) is 0 Å². The number of hydrogen-bond donors (Lipinski definition) is 1. The molecule has 6 heteroatoms. The third kappa shape index (κ3) is 4.40. The van der Waals surface area contributed by atoms with E-state index in [1.165, 1.54) is 0 Å². The lowest BCUT2D eigenvalue weighted by Gasteiger charge is -2.09. The van der Waals surface area contributed by atoms with Crippen LogP contribution in [0.25, 0.3) is 0 Å². The summed E-state index contributed by atoms with van der Waals surface area (Å²) in [7, 11) is 0. The van der Waals surface area contributed by atoms with Crippen molar-refractivity contribution in [1.82, 2.24) is 9.97 Å². The molecule has 0 spiro atoms. The normalized spacial score (nSPS) is 10.7. The van der Waals surface area contributed by atoms with E-state index in [0.717, 1.165) is 6.20 Å². The smallest absolute Gasteiger partial charge is 0.224 e. The van der Waals surface area contributed by atoms with E-state index in [1.807, 2.05) is 13.8 Å². The molecule has 1 aromatic heterocycles. The molecule has 0 saturated heterocycles. The molecule has 0 unspecified atom stereocenters. The molecular weight excluding hydrogens is 221 g/mol. The molecule has 0 bridgehead atoms. The fourth-order valence-electron chi connectivity index (χ4n) is 0.934. The molecule has 0 aliphatic rings. The van der Waals surface area contributed by atoms with Crippen LogP contribution in [0.5, 0.6) is 0 Å². The Morgan fingerprint density at radius 3 is 3.00 bits per heavy atom. The van der Waals surface area contributed by atoms with Gasteiger partial charge in [0.05, 0.1) is 18.9 Å². The Morgan fingerprint density at radius 1 is 1.60 bits per heavy atom. The molecule has 0 radical (unpaired) electrons. The van der Waals surface area contributed by atoms with Crippen LogP contribution in [0.2, 0.25) is 5.28 Å². The first-order chi connectivity index (χ1) is 7.09. The molecule has 1 heterocycles. The van der Waals surface area contributed by atoms with Gasteiger partial charge in [-0.25, -0.2) is 9.37 Å². The number of aromatic nitrogens is 2. The number of anilines is 1. The van der Waals surface area contributed by atoms with Gasteiger partial charge in [-0.05, 0) is 25.4 Å². The number of halogens is 2. The first-order valence-electron chi connectivity index (χ1n) is 4.63. The minimum Gasteiger partial charge on any atom is -0.377 e. The molecule has 0 fully saturated rings. The van der Waals surface area contributed by atoms with E-state index >= 15 is 0 Å². The summed E-state index contributed by atoms with van der Waals surface area (Å²) in [5, 5.41) is 2.79. The molecule has 0 aliphatic carbocycles. The van der Waals surface area contributed by atoms with Gasteiger partial charge in [-0.3, -0.25) is 0 Å². The van der Waals surface area contributed by atoms with Crippen molar-refractivity contribution in [3.8, 4) is 0 Å². The standard InChI is InChI=1S/C9H13ClFN3O/c1-6(2)15-4-3-12-8-7(11)5-13-9(10)14-8/h5-6H,3-4H2,1-2H3,(H,12,13,14). The zero-order valence-electron chi connectivity index (χ0n) is 8.63. The minimum absolute atomic E-state index is 0.0173. The van der Waals surface area contributed by atoms with Crippen molar-refractivity contribution in [3.63, 3.8) is 0 Å². The second-order valence-electron chi connectivity index (χ2n) is 3.18. The van der Waals surface area contributed by atoms with Gasteiger partial charge in [0.15, 0.2) is 11.6 Å². The van der Waals surface area contributed by atoms with Crippen LogP contribution in [0.15, 0.2) is 6.20 Å². The second kappa shape index (κ2) is 5.82. The van der Waals surface area contributed by atoms with Crippen molar-refractivity contribution in [2.75, 3.05) is 18.5 Å². The van der Waals surface area contributed by atoms with Crippen molar-refractivity contribution in [2.45, 2.75) is 20.0 Å². The highest BCUT2D eigenvalue weighted by atomic mass is 35.5. The fourth-order valence-corrected chi connectivity index (χ4v) is 1.07. The number of hydrogen-bond acceptors (Lipinski definition) is 4. The van der Waals surface area contributed by atoms with Crippen molar-refractivity contribution in [2.24, 2.45) is 0 Å². The van der Waals surface area contributed by atoms with Gasteiger partial charge >= 0.3 is 0 Å². The highest BCUT2D eigenvalue weighted by Gasteiger charge is 2.04. The van der Waals surface area contributed by atoms with E-state index in [1.54, 1.807) is 0 Å². The van der Waals surface area contributed by atoms with E-state index in [-0.39, 0.29) is 17.2 Å². The third-order valence-corrected chi connectivity index (χ3v) is 1.74. The zero-order chi connectivity index (χ0) is 11.3. The van der Waals surface area contributed by atoms with E-state index in [0.29, 0.717) is 13.2 Å². The van der Waals surface area contributed by atoms with Gasteiger partial charge in [0, 0.05) is 6.54 Å². The summed E-state index contributed by atoms with van der Waals surface area (Å²) in [4.78, 5) is 7.21. The lowest BCUT2D eigenvalue weighted by molar-refractivity contribution is 0.0870. The molecule has 1 aromatic rings. The summed E-state index contributed by atoms with van der Waals surface area (Å²) < 4.78 is 18.3. The maximum atomic E-state index is 13.1. The largest absolute Gasteiger partial charge is 0.377 e. The van der Waals surface area contributed by atoms with E-state index in [2.05, 4.69) is 15.3 Å². The summed E-state index contributed by atoms with van der Waals surface area (Å²) in [6, 6.07) is 0. The summed E-state index contributed by atoms with van der Waals surface area (Å²) in [6.45, 7) is 4.82. The van der Waals surface area contributed by atoms with E-state index < -0.39 is 5.82 Å². The average molecular weight is 234 g/mol. The van der Waals surface area contributed by atoms with Crippen LogP contribution >= 0.6 is 11.6 Å². The van der Waals surface area contributed by atoms with E-state index in [9.17, 15) is 4.39 Å². The van der Waals surface area contributed by atoms with Gasteiger partial charge in [0.2, 0.25) is 5.28 Å². The van der Waals surface area contributed by atoms with Crippen molar-refractivity contribution in [3.05, 3.63) is 17.3 Å². The molecule has 1 rings (SSSR count). The van der Waals surface area contributed by atoms with Gasteiger partial charge in [0.25, 0.3) is 0 Å². The Balaban J connectivity index is 2.40. The second-order valence-corrected chi connectivity index (χ2v) is 3.52. The molecule has 0 aromatic carbocycles. The Hall–Kier alpha value is -0.940. The quantitative estimate of drug-likeness (QED) is 0.625. The molecule has 0 atom stereocenters. The molecule has 0 aliphatic heterocycles. The summed E-state index contributed by atoms with van der Waals surface area (Å²) in [5.74, 6) is -0.425. The van der Waals surface area contributed by atoms with Crippen molar-refractivity contribution >= 4 is 17.4 Å². The topological polar surface area (TPSA) is 47.0 Å². The molecule has 0 amide bonds. The molecule has 0 saturated carbocycles. The Morgan fingerprint density at radius 2 is 2.33 bits per heavy atom. The van der Waals surface area contributed by atoms with Gasteiger partial charge in [-0.1, -0.05) is 0 Å². The predicted octanol–water partition coefficient (Wildman–Crippen LogP) is 2.11. The third-order valence-electron chi connectivity index (χ3n) is 1.56. The number of nitrogens with one attached hydrogen (secondary N) is 1. The predicted molar refractivity (Wildman–Crippen MR) is 56.6 cm³/mol.